The second-order valence-corrected chi connectivity index (χ2v) is 15.8. The molecule has 4 heteroatoms. The van der Waals surface area contributed by atoms with E-state index in [0.29, 0.717) is 0 Å². The van der Waals surface area contributed by atoms with Crippen LogP contribution >= 0.6 is 0 Å². The number of fused-ring (bicyclic) bond motifs is 10. The molecule has 4 aliphatic rings. The number of hydrogen-bond acceptors (Lipinski definition) is 3. The van der Waals surface area contributed by atoms with Crippen LogP contribution in [0.1, 0.15) is 55.5 Å². The SMILES string of the molecule is Cc1ccccc1N1B2c3cccc4c3N(c3ccccc3C4(C)C)c3c2c(cc2ccccc32)-c2cc3c(cc21)Oc1ccccc1C3(C)C. The molecule has 0 bridgehead atoms. The molecule has 11 rings (SSSR count). The smallest absolute Gasteiger partial charge is 0.333 e. The van der Waals surface area contributed by atoms with Gasteiger partial charge in [0.2, 0.25) is 0 Å². The first-order chi connectivity index (χ1) is 24.7. The molecule has 7 aromatic rings. The lowest BCUT2D eigenvalue weighted by atomic mass is 9.42. The third-order valence-corrected chi connectivity index (χ3v) is 12.4. The highest BCUT2D eigenvalue weighted by Crippen LogP contribution is 2.58. The van der Waals surface area contributed by atoms with E-state index in [2.05, 4.69) is 178 Å². The molecule has 4 heterocycles. The van der Waals surface area contributed by atoms with Crippen molar-refractivity contribution >= 4 is 57.0 Å². The van der Waals surface area contributed by atoms with Crippen molar-refractivity contribution in [1.29, 1.82) is 0 Å². The molecule has 0 N–H and O–H groups in total. The first-order valence-electron chi connectivity index (χ1n) is 18.1. The van der Waals surface area contributed by atoms with Crippen molar-refractivity contribution in [3.63, 3.8) is 0 Å². The summed E-state index contributed by atoms with van der Waals surface area (Å²) in [7, 11) is 0. The van der Waals surface area contributed by atoms with Crippen LogP contribution in [0.15, 0.2) is 133 Å². The summed E-state index contributed by atoms with van der Waals surface area (Å²) in [6.07, 6.45) is 0. The van der Waals surface area contributed by atoms with Gasteiger partial charge in [-0.1, -0.05) is 125 Å². The Hall–Kier alpha value is -5.74. The molecule has 0 spiro atoms. The summed E-state index contributed by atoms with van der Waals surface area (Å²) < 4.78 is 6.82. The van der Waals surface area contributed by atoms with Crippen LogP contribution in [-0.2, 0) is 10.8 Å². The Morgan fingerprint density at radius 3 is 2.06 bits per heavy atom. The van der Waals surface area contributed by atoms with E-state index in [-0.39, 0.29) is 17.7 Å². The van der Waals surface area contributed by atoms with Crippen LogP contribution in [0, 0.1) is 6.92 Å². The van der Waals surface area contributed by atoms with Crippen molar-refractivity contribution in [2.45, 2.75) is 45.4 Å². The number of aryl methyl sites for hydroxylation is 1. The monoisotopic (exact) mass is 656 g/mol. The Balaban J connectivity index is 1.32. The molecule has 0 unspecified atom stereocenters. The summed E-state index contributed by atoms with van der Waals surface area (Å²) in [5.41, 5.74) is 17.5. The fraction of sp³-hybridized carbons (Fsp3) is 0.149. The van der Waals surface area contributed by atoms with Crippen LogP contribution in [-0.4, -0.2) is 6.85 Å². The Morgan fingerprint density at radius 2 is 1.22 bits per heavy atom. The van der Waals surface area contributed by atoms with Crippen molar-refractivity contribution in [3.05, 3.63) is 161 Å². The number of hydrogen-bond donors (Lipinski definition) is 0. The third kappa shape index (κ3) is 3.60. The van der Waals surface area contributed by atoms with E-state index >= 15 is 0 Å². The lowest BCUT2D eigenvalue weighted by molar-refractivity contribution is 0.418. The van der Waals surface area contributed by atoms with E-state index in [1.165, 1.54) is 89.1 Å². The number of anilines is 5. The minimum absolute atomic E-state index is 0.0533. The molecule has 0 saturated carbocycles. The predicted molar refractivity (Wildman–Crippen MR) is 213 cm³/mol. The molecule has 51 heavy (non-hydrogen) atoms. The molecule has 0 radical (unpaired) electrons. The molecular formula is C47H37BN2O. The first kappa shape index (κ1) is 29.0. The van der Waals surface area contributed by atoms with Crippen LogP contribution in [0.2, 0.25) is 0 Å². The molecule has 0 atom stereocenters. The highest BCUT2D eigenvalue weighted by molar-refractivity contribution is 6.94. The molecule has 0 amide bonds. The number of ether oxygens (including phenoxy) is 1. The number of rotatable bonds is 1. The maximum Gasteiger partial charge on any atom is 0.333 e. The van der Waals surface area contributed by atoms with Crippen molar-refractivity contribution in [2.24, 2.45) is 0 Å². The highest BCUT2D eigenvalue weighted by Gasteiger charge is 2.50. The van der Waals surface area contributed by atoms with Crippen LogP contribution < -0.4 is 25.4 Å². The zero-order valence-electron chi connectivity index (χ0n) is 29.6. The highest BCUT2D eigenvalue weighted by atomic mass is 16.5. The lowest BCUT2D eigenvalue weighted by Gasteiger charge is -2.51. The fourth-order valence-electron chi connectivity index (χ4n) is 9.87. The molecule has 0 aromatic heterocycles. The van der Waals surface area contributed by atoms with Crippen LogP contribution in [0.4, 0.5) is 28.4 Å². The summed E-state index contributed by atoms with van der Waals surface area (Å²) in [6, 6.07) is 49.7. The molecule has 3 nitrogen and oxygen atoms in total. The average molecular weight is 657 g/mol. The Labute approximate surface area is 299 Å². The van der Waals surface area contributed by atoms with Gasteiger partial charge >= 0.3 is 6.85 Å². The van der Waals surface area contributed by atoms with Gasteiger partial charge < -0.3 is 14.4 Å². The summed E-state index contributed by atoms with van der Waals surface area (Å²) in [5, 5.41) is 2.53. The minimum atomic E-state index is -0.237. The Morgan fingerprint density at radius 1 is 0.529 bits per heavy atom. The molecule has 0 saturated heterocycles. The third-order valence-electron chi connectivity index (χ3n) is 12.4. The summed E-state index contributed by atoms with van der Waals surface area (Å²) in [6.45, 7) is 11.6. The van der Waals surface area contributed by atoms with Crippen LogP contribution in [0.3, 0.4) is 0 Å². The molecule has 7 aromatic carbocycles. The van der Waals surface area contributed by atoms with Crippen molar-refractivity contribution in [2.75, 3.05) is 9.71 Å². The van der Waals surface area contributed by atoms with Crippen LogP contribution in [0.5, 0.6) is 11.5 Å². The van der Waals surface area contributed by atoms with Crippen molar-refractivity contribution in [3.8, 4) is 22.6 Å². The van der Waals surface area contributed by atoms with Crippen molar-refractivity contribution in [1.82, 2.24) is 0 Å². The molecule has 4 aliphatic heterocycles. The maximum atomic E-state index is 6.82. The van der Waals surface area contributed by atoms with Gasteiger partial charge in [0.05, 0.1) is 11.4 Å². The number of benzene rings is 7. The van der Waals surface area contributed by atoms with Gasteiger partial charge in [-0.05, 0) is 75.8 Å². The van der Waals surface area contributed by atoms with Gasteiger partial charge in [-0.3, -0.25) is 0 Å². The van der Waals surface area contributed by atoms with E-state index in [1.54, 1.807) is 0 Å². The maximum absolute atomic E-state index is 6.82. The number of para-hydroxylation sites is 4. The lowest BCUT2D eigenvalue weighted by Crippen LogP contribution is -2.62. The van der Waals surface area contributed by atoms with Gasteiger partial charge in [0, 0.05) is 56.0 Å². The normalized spacial score (nSPS) is 16.3. The van der Waals surface area contributed by atoms with Gasteiger partial charge in [-0.25, -0.2) is 0 Å². The Bertz CT molecular complexity index is 2670. The van der Waals surface area contributed by atoms with Gasteiger partial charge in [-0.15, -0.1) is 0 Å². The average Bonchev–Trinajstić information content (AvgIpc) is 3.14. The summed E-state index contributed by atoms with van der Waals surface area (Å²) >= 11 is 0. The zero-order chi connectivity index (χ0) is 34.4. The van der Waals surface area contributed by atoms with Gasteiger partial charge in [0.1, 0.15) is 11.5 Å². The van der Waals surface area contributed by atoms with E-state index in [9.17, 15) is 0 Å². The van der Waals surface area contributed by atoms with E-state index < -0.39 is 0 Å². The largest absolute Gasteiger partial charge is 0.457 e. The molecular weight excluding hydrogens is 619 g/mol. The van der Waals surface area contributed by atoms with Crippen molar-refractivity contribution < 1.29 is 4.74 Å². The van der Waals surface area contributed by atoms with E-state index in [4.69, 9.17) is 4.74 Å². The molecule has 0 aliphatic carbocycles. The topological polar surface area (TPSA) is 15.7 Å². The van der Waals surface area contributed by atoms with Gasteiger partial charge in [-0.2, -0.15) is 0 Å². The molecule has 0 fully saturated rings. The second kappa shape index (κ2) is 9.73. The summed E-state index contributed by atoms with van der Waals surface area (Å²) in [5.74, 6) is 1.87. The predicted octanol–water partition coefficient (Wildman–Crippen LogP) is 10.9. The minimum Gasteiger partial charge on any atom is -0.457 e. The Kier molecular flexibility index (Phi) is 5.54. The molecule has 244 valence electrons. The zero-order valence-corrected chi connectivity index (χ0v) is 29.6. The van der Waals surface area contributed by atoms with E-state index in [1.807, 2.05) is 0 Å². The quantitative estimate of drug-likeness (QED) is 0.164. The van der Waals surface area contributed by atoms with Gasteiger partial charge in [0.15, 0.2) is 0 Å². The second-order valence-electron chi connectivity index (χ2n) is 15.8. The number of nitrogens with zero attached hydrogens (tertiary/aromatic N) is 2. The van der Waals surface area contributed by atoms with Crippen LogP contribution in [0.25, 0.3) is 21.9 Å². The van der Waals surface area contributed by atoms with E-state index in [0.717, 1.165) is 11.5 Å². The summed E-state index contributed by atoms with van der Waals surface area (Å²) in [4.78, 5) is 5.24. The fourth-order valence-corrected chi connectivity index (χ4v) is 9.87. The first-order valence-corrected chi connectivity index (χ1v) is 18.1. The standard InChI is InChI=1S/C47H37BN2O/c1-28-15-6-11-22-38(28)50-40-27-42-36(47(4,5)34-19-10-13-24-41(34)51-42)26-31(40)32-25-29-16-7-8-17-30(29)44-43(32)48(50)37-21-14-20-35-45(37)49(44)39-23-12-9-18-33(39)46(35,2)3/h6-27H,1-5H3. The van der Waals surface area contributed by atoms with Gasteiger partial charge in [0.25, 0.3) is 0 Å².